The van der Waals surface area contributed by atoms with Gasteiger partial charge in [0, 0.05) is 28.6 Å². The first-order valence-corrected chi connectivity index (χ1v) is 9.08. The highest BCUT2D eigenvalue weighted by Crippen LogP contribution is 2.21. The number of aromatic hydroxyl groups is 1. The van der Waals surface area contributed by atoms with E-state index in [0.29, 0.717) is 17.7 Å². The Morgan fingerprint density at radius 1 is 1.11 bits per heavy atom. The standard InChI is InChI=1S/C20H20BrN3O3/c1-2-4-14-5-3-6-15(20(14)27)13-22-24-19(26)12-11-18(25)23-17-9-7-16(21)8-10-17/h2-3,5-10,13,27H,1,4,11-12H2,(H,23,25)(H,24,26). The van der Waals surface area contributed by atoms with Crippen LogP contribution in [-0.2, 0) is 16.0 Å². The fourth-order valence-corrected chi connectivity index (χ4v) is 2.51. The molecule has 0 fully saturated rings. The number of carbonyl (C=O) groups excluding carboxylic acids is 2. The smallest absolute Gasteiger partial charge is 0.240 e. The normalized spacial score (nSPS) is 10.6. The molecule has 7 heteroatoms. The van der Waals surface area contributed by atoms with Crippen LogP contribution in [0.3, 0.4) is 0 Å². The van der Waals surface area contributed by atoms with E-state index in [0.717, 1.165) is 10.0 Å². The zero-order chi connectivity index (χ0) is 19.6. The Morgan fingerprint density at radius 2 is 1.81 bits per heavy atom. The minimum Gasteiger partial charge on any atom is -0.507 e. The number of amides is 2. The molecule has 2 aromatic carbocycles. The van der Waals surface area contributed by atoms with Crippen LogP contribution in [0.25, 0.3) is 0 Å². The molecule has 2 rings (SSSR count). The number of allylic oxidation sites excluding steroid dienone is 1. The molecule has 0 aliphatic carbocycles. The molecule has 0 aromatic heterocycles. The van der Waals surface area contributed by atoms with Crippen molar-refractivity contribution in [2.75, 3.05) is 5.32 Å². The molecule has 0 atom stereocenters. The molecule has 0 saturated carbocycles. The van der Waals surface area contributed by atoms with Crippen molar-refractivity contribution in [1.29, 1.82) is 0 Å². The molecule has 2 aromatic rings. The predicted octanol–water partition coefficient (Wildman–Crippen LogP) is 3.75. The number of hydrogen-bond acceptors (Lipinski definition) is 4. The molecule has 0 radical (unpaired) electrons. The summed E-state index contributed by atoms with van der Waals surface area (Å²) in [6, 6.07) is 12.4. The number of rotatable bonds is 8. The third-order valence-electron chi connectivity index (χ3n) is 3.62. The molecule has 0 saturated heterocycles. The van der Waals surface area contributed by atoms with Crippen molar-refractivity contribution in [3.8, 4) is 5.75 Å². The molecule has 3 N–H and O–H groups in total. The molecule has 0 spiro atoms. The van der Waals surface area contributed by atoms with Crippen molar-refractivity contribution < 1.29 is 14.7 Å². The molecule has 6 nitrogen and oxygen atoms in total. The van der Waals surface area contributed by atoms with E-state index >= 15 is 0 Å². The number of nitrogens with zero attached hydrogens (tertiary/aromatic N) is 1. The van der Waals surface area contributed by atoms with Crippen LogP contribution in [0.2, 0.25) is 0 Å². The van der Waals surface area contributed by atoms with Crippen molar-refractivity contribution in [2.45, 2.75) is 19.3 Å². The topological polar surface area (TPSA) is 90.8 Å². The van der Waals surface area contributed by atoms with Crippen molar-refractivity contribution in [3.05, 3.63) is 70.7 Å². The van der Waals surface area contributed by atoms with Gasteiger partial charge in [0.2, 0.25) is 11.8 Å². The molecule has 2 amide bonds. The molecule has 0 bridgehead atoms. The van der Waals surface area contributed by atoms with Gasteiger partial charge in [-0.15, -0.1) is 6.58 Å². The number of anilines is 1. The van der Waals surface area contributed by atoms with Gasteiger partial charge in [-0.3, -0.25) is 9.59 Å². The highest BCUT2D eigenvalue weighted by Gasteiger charge is 2.07. The number of halogens is 1. The van der Waals surface area contributed by atoms with E-state index in [1.807, 2.05) is 12.1 Å². The van der Waals surface area contributed by atoms with Gasteiger partial charge in [0.1, 0.15) is 5.75 Å². The van der Waals surface area contributed by atoms with Gasteiger partial charge < -0.3 is 10.4 Å². The van der Waals surface area contributed by atoms with Crippen LogP contribution in [-0.4, -0.2) is 23.1 Å². The second-order valence-corrected chi connectivity index (χ2v) is 6.61. The monoisotopic (exact) mass is 429 g/mol. The first-order valence-electron chi connectivity index (χ1n) is 8.28. The van der Waals surface area contributed by atoms with E-state index in [1.165, 1.54) is 6.21 Å². The second-order valence-electron chi connectivity index (χ2n) is 5.70. The van der Waals surface area contributed by atoms with Crippen molar-refractivity contribution in [2.24, 2.45) is 5.10 Å². The van der Waals surface area contributed by atoms with E-state index in [2.05, 4.69) is 38.4 Å². The van der Waals surface area contributed by atoms with E-state index in [-0.39, 0.29) is 30.4 Å². The van der Waals surface area contributed by atoms with E-state index in [9.17, 15) is 14.7 Å². The lowest BCUT2D eigenvalue weighted by molar-refractivity contribution is -0.124. The molecular formula is C20H20BrN3O3. The van der Waals surface area contributed by atoms with Crippen LogP contribution < -0.4 is 10.7 Å². The predicted molar refractivity (Wildman–Crippen MR) is 110 cm³/mol. The quantitative estimate of drug-likeness (QED) is 0.339. The van der Waals surface area contributed by atoms with E-state index < -0.39 is 0 Å². The zero-order valence-electron chi connectivity index (χ0n) is 14.6. The summed E-state index contributed by atoms with van der Waals surface area (Å²) in [6.07, 6.45) is 3.63. The van der Waals surface area contributed by atoms with Gasteiger partial charge in [0.05, 0.1) is 6.21 Å². The maximum absolute atomic E-state index is 11.9. The highest BCUT2D eigenvalue weighted by atomic mass is 79.9. The number of hydrogen-bond donors (Lipinski definition) is 3. The largest absolute Gasteiger partial charge is 0.507 e. The summed E-state index contributed by atoms with van der Waals surface area (Å²) in [6.45, 7) is 3.64. The number of phenols is 1. The lowest BCUT2D eigenvalue weighted by atomic mass is 10.1. The van der Waals surface area contributed by atoms with Crippen molar-refractivity contribution in [3.63, 3.8) is 0 Å². The lowest BCUT2D eigenvalue weighted by Gasteiger charge is -2.05. The van der Waals surface area contributed by atoms with Crippen LogP contribution in [0.1, 0.15) is 24.0 Å². The number of benzene rings is 2. The van der Waals surface area contributed by atoms with Crippen LogP contribution in [0.4, 0.5) is 5.69 Å². The third-order valence-corrected chi connectivity index (χ3v) is 4.14. The second kappa shape index (κ2) is 10.3. The minimum atomic E-state index is -0.390. The Bertz CT molecular complexity index is 848. The minimum absolute atomic E-state index is 0.00217. The fourth-order valence-electron chi connectivity index (χ4n) is 2.25. The van der Waals surface area contributed by atoms with Gasteiger partial charge in [0.15, 0.2) is 0 Å². The van der Waals surface area contributed by atoms with Gasteiger partial charge in [0.25, 0.3) is 0 Å². The maximum atomic E-state index is 11.9. The average molecular weight is 430 g/mol. The molecule has 140 valence electrons. The first-order chi connectivity index (χ1) is 13.0. The van der Waals surface area contributed by atoms with Crippen LogP contribution in [0.5, 0.6) is 5.75 Å². The van der Waals surface area contributed by atoms with Gasteiger partial charge in [-0.25, -0.2) is 5.43 Å². The third kappa shape index (κ3) is 6.71. The summed E-state index contributed by atoms with van der Waals surface area (Å²) in [5.41, 5.74) is 4.23. The SMILES string of the molecule is C=CCc1cccc(C=NNC(=O)CCC(=O)Nc2ccc(Br)cc2)c1O. The molecule has 0 heterocycles. The Kier molecular flexibility index (Phi) is 7.76. The van der Waals surface area contributed by atoms with Crippen LogP contribution in [0, 0.1) is 0 Å². The van der Waals surface area contributed by atoms with Gasteiger partial charge in [-0.1, -0.05) is 34.1 Å². The Morgan fingerprint density at radius 3 is 2.52 bits per heavy atom. The first kappa shape index (κ1) is 20.4. The summed E-state index contributed by atoms with van der Waals surface area (Å²) in [5.74, 6) is -0.547. The Balaban J connectivity index is 1.79. The molecule has 27 heavy (non-hydrogen) atoms. The zero-order valence-corrected chi connectivity index (χ0v) is 16.2. The van der Waals surface area contributed by atoms with Gasteiger partial charge in [-0.2, -0.15) is 5.10 Å². The number of nitrogens with one attached hydrogen (secondary N) is 2. The Hall–Kier alpha value is -2.93. The van der Waals surface area contributed by atoms with E-state index in [1.54, 1.807) is 36.4 Å². The summed E-state index contributed by atoms with van der Waals surface area (Å²) in [7, 11) is 0. The van der Waals surface area contributed by atoms with E-state index in [4.69, 9.17) is 0 Å². The fraction of sp³-hybridized carbons (Fsp3) is 0.150. The van der Waals surface area contributed by atoms with Gasteiger partial charge >= 0.3 is 0 Å². The summed E-state index contributed by atoms with van der Waals surface area (Å²) >= 11 is 3.32. The number of hydrazone groups is 1. The summed E-state index contributed by atoms with van der Waals surface area (Å²) in [4.78, 5) is 23.7. The lowest BCUT2D eigenvalue weighted by Crippen LogP contribution is -2.20. The number of phenolic OH excluding ortho intramolecular Hbond substituents is 1. The number of para-hydroxylation sites is 1. The summed E-state index contributed by atoms with van der Waals surface area (Å²) in [5, 5.41) is 16.7. The Labute approximate surface area is 166 Å². The van der Waals surface area contributed by atoms with Gasteiger partial charge in [-0.05, 0) is 42.3 Å². The maximum Gasteiger partial charge on any atom is 0.240 e. The highest BCUT2D eigenvalue weighted by molar-refractivity contribution is 9.10. The number of carbonyl (C=O) groups is 2. The van der Waals surface area contributed by atoms with Crippen molar-refractivity contribution in [1.82, 2.24) is 5.43 Å². The summed E-state index contributed by atoms with van der Waals surface area (Å²) < 4.78 is 0.916. The molecule has 0 unspecified atom stereocenters. The molecule has 0 aliphatic heterocycles. The van der Waals surface area contributed by atoms with Crippen molar-refractivity contribution >= 4 is 39.6 Å². The molecule has 0 aliphatic rings. The van der Waals surface area contributed by atoms with Crippen LogP contribution in [0.15, 0.2) is 64.7 Å². The average Bonchev–Trinajstić information content (AvgIpc) is 2.65. The van der Waals surface area contributed by atoms with Crippen LogP contribution >= 0.6 is 15.9 Å². The molecular weight excluding hydrogens is 410 g/mol.